The van der Waals surface area contributed by atoms with Crippen molar-refractivity contribution in [1.82, 2.24) is 14.5 Å². The molecule has 6 nitrogen and oxygen atoms in total. The van der Waals surface area contributed by atoms with Crippen molar-refractivity contribution < 1.29 is 9.90 Å². The van der Waals surface area contributed by atoms with Crippen molar-refractivity contribution in [2.45, 2.75) is 70.7 Å². The van der Waals surface area contributed by atoms with Gasteiger partial charge >= 0.3 is 5.69 Å². The number of imidazole rings is 1. The molecule has 3 rings (SSSR count). The van der Waals surface area contributed by atoms with E-state index in [1.165, 1.54) is 0 Å². The monoisotopic (exact) mass is 345 g/mol. The first-order valence-corrected chi connectivity index (χ1v) is 9.25. The first kappa shape index (κ1) is 17.7. The summed E-state index contributed by atoms with van der Waals surface area (Å²) < 4.78 is 3.49. The summed E-state index contributed by atoms with van der Waals surface area (Å²) in [5.41, 5.74) is 1.77. The third kappa shape index (κ3) is 3.95. The zero-order valence-electron chi connectivity index (χ0n) is 14.8. The van der Waals surface area contributed by atoms with Gasteiger partial charge in [0.2, 0.25) is 5.91 Å². The number of hydrogen-bond acceptors (Lipinski definition) is 3. The molecule has 1 aliphatic rings. The molecule has 0 aliphatic heterocycles. The Morgan fingerprint density at radius 2 is 1.72 bits per heavy atom. The smallest absolute Gasteiger partial charge is 0.329 e. The molecule has 0 saturated heterocycles. The third-order valence-corrected chi connectivity index (χ3v) is 5.00. The second-order valence-electron chi connectivity index (χ2n) is 6.90. The molecule has 2 aromatic rings. The highest BCUT2D eigenvalue weighted by Gasteiger charge is 2.21. The predicted octanol–water partition coefficient (Wildman–Crippen LogP) is 2.02. The average molecular weight is 345 g/mol. The molecule has 136 valence electrons. The Morgan fingerprint density at radius 3 is 2.32 bits per heavy atom. The fraction of sp³-hybridized carbons (Fsp3) is 0.579. The third-order valence-electron chi connectivity index (χ3n) is 5.00. The average Bonchev–Trinajstić information content (AvgIpc) is 2.88. The number of benzene rings is 1. The van der Waals surface area contributed by atoms with Crippen molar-refractivity contribution in [2.75, 3.05) is 0 Å². The molecule has 1 saturated carbocycles. The quantitative estimate of drug-likeness (QED) is 0.841. The van der Waals surface area contributed by atoms with E-state index in [9.17, 15) is 14.7 Å². The van der Waals surface area contributed by atoms with E-state index in [0.29, 0.717) is 19.5 Å². The van der Waals surface area contributed by atoms with Crippen LogP contribution in [0.4, 0.5) is 0 Å². The minimum atomic E-state index is -0.226. The lowest BCUT2D eigenvalue weighted by molar-refractivity contribution is -0.122. The van der Waals surface area contributed by atoms with E-state index >= 15 is 0 Å². The van der Waals surface area contributed by atoms with E-state index in [1.54, 1.807) is 9.13 Å². The van der Waals surface area contributed by atoms with Crippen LogP contribution in [-0.2, 0) is 17.9 Å². The van der Waals surface area contributed by atoms with Gasteiger partial charge in [0.15, 0.2) is 0 Å². The molecule has 0 bridgehead atoms. The van der Waals surface area contributed by atoms with Crippen LogP contribution in [0, 0.1) is 0 Å². The molecular weight excluding hydrogens is 318 g/mol. The molecule has 1 fully saturated rings. The topological polar surface area (TPSA) is 76.3 Å². The van der Waals surface area contributed by atoms with E-state index in [4.69, 9.17) is 0 Å². The van der Waals surface area contributed by atoms with Gasteiger partial charge in [-0.1, -0.05) is 19.1 Å². The van der Waals surface area contributed by atoms with Crippen molar-refractivity contribution in [2.24, 2.45) is 0 Å². The zero-order valence-corrected chi connectivity index (χ0v) is 14.8. The number of nitrogens with zero attached hydrogens (tertiary/aromatic N) is 2. The van der Waals surface area contributed by atoms with Gasteiger partial charge < -0.3 is 10.4 Å². The second kappa shape index (κ2) is 7.87. The number of carbonyl (C=O) groups excluding carboxylic acids is 1. The lowest BCUT2D eigenvalue weighted by Crippen LogP contribution is -2.39. The zero-order chi connectivity index (χ0) is 17.8. The van der Waals surface area contributed by atoms with Crippen LogP contribution < -0.4 is 11.0 Å². The summed E-state index contributed by atoms with van der Waals surface area (Å²) >= 11 is 0. The number of aliphatic hydroxyl groups is 1. The molecule has 1 heterocycles. The maximum atomic E-state index is 12.7. The van der Waals surface area contributed by atoms with Gasteiger partial charge in [0.25, 0.3) is 0 Å². The highest BCUT2D eigenvalue weighted by Crippen LogP contribution is 2.18. The number of aryl methyl sites for hydroxylation is 2. The van der Waals surface area contributed by atoms with Crippen LogP contribution in [0.2, 0.25) is 0 Å². The number of aromatic nitrogens is 2. The van der Waals surface area contributed by atoms with Gasteiger partial charge in [-0.05, 0) is 44.2 Å². The fourth-order valence-corrected chi connectivity index (χ4v) is 3.66. The van der Waals surface area contributed by atoms with E-state index in [1.807, 2.05) is 31.2 Å². The highest BCUT2D eigenvalue weighted by molar-refractivity contribution is 5.78. The second-order valence-corrected chi connectivity index (χ2v) is 6.90. The number of rotatable bonds is 6. The number of carbonyl (C=O) groups is 1. The largest absolute Gasteiger partial charge is 0.393 e. The number of hydrogen-bond donors (Lipinski definition) is 2. The van der Waals surface area contributed by atoms with Crippen LogP contribution in [0.25, 0.3) is 11.0 Å². The summed E-state index contributed by atoms with van der Waals surface area (Å²) in [7, 11) is 0. The van der Waals surface area contributed by atoms with Crippen LogP contribution in [0.5, 0.6) is 0 Å². The molecular formula is C19H27N3O3. The summed E-state index contributed by atoms with van der Waals surface area (Å²) in [6.07, 6.45) is 4.09. The minimum Gasteiger partial charge on any atom is -0.393 e. The van der Waals surface area contributed by atoms with Gasteiger partial charge in [0, 0.05) is 25.6 Å². The molecule has 0 atom stereocenters. The van der Waals surface area contributed by atoms with Gasteiger partial charge in [0.1, 0.15) is 0 Å². The van der Waals surface area contributed by atoms with Gasteiger partial charge in [-0.2, -0.15) is 0 Å². The molecule has 0 unspecified atom stereocenters. The summed E-state index contributed by atoms with van der Waals surface area (Å²) in [6, 6.07) is 7.89. The fourth-order valence-electron chi connectivity index (χ4n) is 3.66. The predicted molar refractivity (Wildman–Crippen MR) is 97.5 cm³/mol. The summed E-state index contributed by atoms with van der Waals surface area (Å²) in [4.78, 5) is 24.9. The molecule has 0 radical (unpaired) electrons. The lowest BCUT2D eigenvalue weighted by Gasteiger charge is -2.26. The summed E-state index contributed by atoms with van der Waals surface area (Å²) in [5, 5.41) is 12.6. The SMILES string of the molecule is CCCn1c(=O)n(CCC(=O)NC2CCC(O)CC2)c2ccccc21. The molecule has 6 heteroatoms. The first-order chi connectivity index (χ1) is 12.1. The van der Waals surface area contributed by atoms with Gasteiger partial charge in [-0.15, -0.1) is 0 Å². The maximum Gasteiger partial charge on any atom is 0.329 e. The van der Waals surface area contributed by atoms with Crippen molar-refractivity contribution in [1.29, 1.82) is 0 Å². The molecule has 25 heavy (non-hydrogen) atoms. The van der Waals surface area contributed by atoms with E-state index in [-0.39, 0.29) is 23.7 Å². The molecule has 2 N–H and O–H groups in total. The normalized spacial score (nSPS) is 20.7. The van der Waals surface area contributed by atoms with Crippen LogP contribution in [0.15, 0.2) is 29.1 Å². The maximum absolute atomic E-state index is 12.7. The molecule has 1 amide bonds. The molecule has 0 spiro atoms. The van der Waals surface area contributed by atoms with Gasteiger partial charge in [-0.25, -0.2) is 4.79 Å². The van der Waals surface area contributed by atoms with Gasteiger partial charge in [-0.3, -0.25) is 13.9 Å². The Bertz CT molecular complexity index is 785. The van der Waals surface area contributed by atoms with Crippen LogP contribution in [-0.4, -0.2) is 32.3 Å². The van der Waals surface area contributed by atoms with Crippen LogP contribution in [0.3, 0.4) is 0 Å². The van der Waals surface area contributed by atoms with Crippen LogP contribution in [0.1, 0.15) is 45.4 Å². The van der Waals surface area contributed by atoms with E-state index in [2.05, 4.69) is 5.32 Å². The molecule has 1 aliphatic carbocycles. The molecule has 1 aromatic carbocycles. The summed E-state index contributed by atoms with van der Waals surface area (Å²) in [6.45, 7) is 3.12. The summed E-state index contributed by atoms with van der Waals surface area (Å²) in [5.74, 6) is -0.0272. The highest BCUT2D eigenvalue weighted by atomic mass is 16.3. The Balaban J connectivity index is 1.68. The first-order valence-electron chi connectivity index (χ1n) is 9.25. The van der Waals surface area contributed by atoms with Crippen molar-refractivity contribution >= 4 is 16.9 Å². The van der Waals surface area contributed by atoms with Crippen molar-refractivity contribution in [3.8, 4) is 0 Å². The number of para-hydroxylation sites is 2. The number of amides is 1. The Hall–Kier alpha value is -2.08. The van der Waals surface area contributed by atoms with Crippen LogP contribution >= 0.6 is 0 Å². The number of aliphatic hydroxyl groups excluding tert-OH is 1. The Labute approximate surface area is 147 Å². The van der Waals surface area contributed by atoms with Crippen molar-refractivity contribution in [3.63, 3.8) is 0 Å². The standard InChI is InChI=1S/C19H27N3O3/c1-2-12-21-16-5-3-4-6-17(16)22(19(21)25)13-11-18(24)20-14-7-9-15(23)10-8-14/h3-6,14-15,23H,2,7-13H2,1H3,(H,20,24). The van der Waals surface area contributed by atoms with E-state index in [0.717, 1.165) is 43.1 Å². The van der Waals surface area contributed by atoms with E-state index < -0.39 is 0 Å². The number of nitrogens with one attached hydrogen (secondary N) is 1. The Morgan fingerprint density at radius 1 is 1.12 bits per heavy atom. The lowest BCUT2D eigenvalue weighted by atomic mass is 9.93. The molecule has 1 aromatic heterocycles. The van der Waals surface area contributed by atoms with Crippen molar-refractivity contribution in [3.05, 3.63) is 34.7 Å². The minimum absolute atomic E-state index is 0.0272. The Kier molecular flexibility index (Phi) is 5.58. The van der Waals surface area contributed by atoms with Gasteiger partial charge in [0.05, 0.1) is 17.1 Å². The number of fused-ring (bicyclic) bond motifs is 1.